The van der Waals surface area contributed by atoms with E-state index < -0.39 is 22.0 Å². The van der Waals surface area contributed by atoms with Crippen LogP contribution in [0.15, 0.2) is 24.3 Å². The zero-order chi connectivity index (χ0) is 16.2. The molecule has 0 bridgehead atoms. The number of hydrogen-bond donors (Lipinski definition) is 3. The Morgan fingerprint density at radius 3 is 2.82 bits per heavy atom. The van der Waals surface area contributed by atoms with Crippen molar-refractivity contribution in [3.05, 3.63) is 29.8 Å². The second-order valence-electron chi connectivity index (χ2n) is 5.21. The average molecular weight is 328 g/mol. The maximum Gasteiger partial charge on any atom is 0.315 e. The molecule has 22 heavy (non-hydrogen) atoms. The summed E-state index contributed by atoms with van der Waals surface area (Å²) in [6.07, 6.45) is -0.487. The van der Waals surface area contributed by atoms with Crippen LogP contribution in [0.2, 0.25) is 0 Å². The lowest BCUT2D eigenvalue weighted by molar-refractivity contribution is 0.169. The highest BCUT2D eigenvalue weighted by atomic mass is 32.2. The van der Waals surface area contributed by atoms with Gasteiger partial charge in [0.2, 0.25) is 0 Å². The Labute approximate surface area is 129 Å². The number of nitrogens with one attached hydrogen (secondary N) is 2. The molecule has 122 valence electrons. The molecule has 8 heteroatoms. The Morgan fingerprint density at radius 1 is 1.45 bits per heavy atom. The first-order valence-corrected chi connectivity index (χ1v) is 8.79. The molecule has 1 fully saturated rings. The molecule has 2 rings (SSSR count). The number of para-hydroxylation sites is 1. The number of aliphatic hydroxyl groups is 1. The van der Waals surface area contributed by atoms with Crippen LogP contribution in [0.4, 0.5) is 4.79 Å². The van der Waals surface area contributed by atoms with Crippen molar-refractivity contribution in [3.63, 3.8) is 0 Å². The summed E-state index contributed by atoms with van der Waals surface area (Å²) in [7, 11) is -1.53. The molecule has 2 atom stereocenters. The van der Waals surface area contributed by atoms with Gasteiger partial charge in [0, 0.05) is 18.2 Å². The molecule has 1 aromatic rings. The summed E-state index contributed by atoms with van der Waals surface area (Å²) in [5.41, 5.74) is 0.578. The van der Waals surface area contributed by atoms with E-state index in [0.717, 1.165) is 0 Å². The molecule has 0 spiro atoms. The van der Waals surface area contributed by atoms with Crippen LogP contribution in [0.5, 0.6) is 5.75 Å². The summed E-state index contributed by atoms with van der Waals surface area (Å²) < 4.78 is 27.8. The van der Waals surface area contributed by atoms with Crippen molar-refractivity contribution in [1.82, 2.24) is 10.6 Å². The molecule has 1 aliphatic heterocycles. The Balaban J connectivity index is 1.83. The first kappa shape index (κ1) is 16.6. The minimum atomic E-state index is -3.03. The van der Waals surface area contributed by atoms with Gasteiger partial charge in [-0.2, -0.15) is 0 Å². The van der Waals surface area contributed by atoms with Crippen LogP contribution in [-0.2, 0) is 9.84 Å². The molecule has 0 saturated carbocycles. The molecule has 1 saturated heterocycles. The number of carbonyl (C=O) groups excluding carboxylic acids is 1. The Morgan fingerprint density at radius 2 is 2.18 bits per heavy atom. The predicted molar refractivity (Wildman–Crippen MR) is 81.5 cm³/mol. The monoisotopic (exact) mass is 328 g/mol. The fourth-order valence-corrected chi connectivity index (χ4v) is 4.06. The number of benzene rings is 1. The molecule has 7 nitrogen and oxygen atoms in total. The largest absolute Gasteiger partial charge is 0.496 e. The van der Waals surface area contributed by atoms with Crippen LogP contribution >= 0.6 is 0 Å². The van der Waals surface area contributed by atoms with E-state index in [1.54, 1.807) is 24.3 Å². The molecular weight excluding hydrogens is 308 g/mol. The lowest BCUT2D eigenvalue weighted by Crippen LogP contribution is -2.43. The van der Waals surface area contributed by atoms with Gasteiger partial charge in [0.25, 0.3) is 0 Å². The highest BCUT2D eigenvalue weighted by Gasteiger charge is 2.29. The van der Waals surface area contributed by atoms with Crippen LogP contribution in [0, 0.1) is 0 Å². The highest BCUT2D eigenvalue weighted by Crippen LogP contribution is 2.23. The minimum absolute atomic E-state index is 0.00563. The number of rotatable bonds is 5. The normalized spacial score (nSPS) is 21.1. The number of urea groups is 1. The summed E-state index contributed by atoms with van der Waals surface area (Å²) in [6.45, 7) is 0.00563. The fourth-order valence-electron chi connectivity index (χ4n) is 2.39. The minimum Gasteiger partial charge on any atom is -0.496 e. The molecular formula is C14H20N2O5S. The Hall–Kier alpha value is -1.80. The number of amides is 2. The van der Waals surface area contributed by atoms with Crippen molar-refractivity contribution >= 4 is 15.9 Å². The summed E-state index contributed by atoms with van der Waals surface area (Å²) in [4.78, 5) is 11.7. The Kier molecular flexibility index (Phi) is 5.25. The highest BCUT2D eigenvalue weighted by molar-refractivity contribution is 7.91. The van der Waals surface area contributed by atoms with E-state index in [1.807, 2.05) is 0 Å². The molecule has 1 aliphatic rings. The molecule has 3 N–H and O–H groups in total. The van der Waals surface area contributed by atoms with Gasteiger partial charge in [-0.25, -0.2) is 13.2 Å². The lowest BCUT2D eigenvalue weighted by Gasteiger charge is -2.17. The van der Waals surface area contributed by atoms with Gasteiger partial charge >= 0.3 is 6.03 Å². The fraction of sp³-hybridized carbons (Fsp3) is 0.500. The van der Waals surface area contributed by atoms with Crippen molar-refractivity contribution in [2.75, 3.05) is 25.2 Å². The van der Waals surface area contributed by atoms with E-state index in [9.17, 15) is 18.3 Å². The van der Waals surface area contributed by atoms with E-state index in [0.29, 0.717) is 17.7 Å². The van der Waals surface area contributed by atoms with Crippen LogP contribution in [0.1, 0.15) is 18.1 Å². The van der Waals surface area contributed by atoms with E-state index in [2.05, 4.69) is 10.6 Å². The SMILES string of the molecule is COc1ccccc1C(O)CNC(=O)NC1CCS(=O)(=O)C1. The van der Waals surface area contributed by atoms with Crippen molar-refractivity contribution in [2.45, 2.75) is 18.6 Å². The van der Waals surface area contributed by atoms with E-state index in [4.69, 9.17) is 4.74 Å². The third kappa shape index (κ3) is 4.35. The second-order valence-corrected chi connectivity index (χ2v) is 7.44. The van der Waals surface area contributed by atoms with Gasteiger partial charge < -0.3 is 20.5 Å². The smallest absolute Gasteiger partial charge is 0.315 e. The molecule has 2 unspecified atom stereocenters. The lowest BCUT2D eigenvalue weighted by atomic mass is 10.1. The number of hydrogen-bond acceptors (Lipinski definition) is 5. The first-order valence-electron chi connectivity index (χ1n) is 6.97. The van der Waals surface area contributed by atoms with Gasteiger partial charge in [0.1, 0.15) is 5.75 Å². The van der Waals surface area contributed by atoms with Crippen LogP contribution in [0.3, 0.4) is 0 Å². The third-order valence-electron chi connectivity index (χ3n) is 3.52. The van der Waals surface area contributed by atoms with Crippen molar-refractivity contribution in [1.29, 1.82) is 0 Å². The molecule has 2 amide bonds. The summed E-state index contributed by atoms with van der Waals surface area (Å²) in [6, 6.07) is 6.14. The van der Waals surface area contributed by atoms with Crippen molar-refractivity contribution in [3.8, 4) is 5.75 Å². The van der Waals surface area contributed by atoms with Gasteiger partial charge in [-0.1, -0.05) is 18.2 Å². The molecule has 1 aromatic carbocycles. The average Bonchev–Trinajstić information content (AvgIpc) is 2.83. The maximum atomic E-state index is 11.7. The molecule has 0 aromatic heterocycles. The standard InChI is InChI=1S/C14H20N2O5S/c1-21-13-5-3-2-4-11(13)12(17)8-15-14(18)16-10-6-7-22(19,20)9-10/h2-5,10,12,17H,6-9H2,1H3,(H2,15,16,18). The number of ether oxygens (including phenoxy) is 1. The van der Waals surface area contributed by atoms with Crippen molar-refractivity contribution < 1.29 is 23.1 Å². The molecule has 0 aliphatic carbocycles. The van der Waals surface area contributed by atoms with Gasteiger partial charge in [-0.05, 0) is 12.5 Å². The van der Waals surface area contributed by atoms with Crippen LogP contribution in [0.25, 0.3) is 0 Å². The van der Waals surface area contributed by atoms with Gasteiger partial charge in [-0.3, -0.25) is 0 Å². The predicted octanol–water partition coefficient (Wildman–Crippen LogP) is 0.215. The van der Waals surface area contributed by atoms with E-state index >= 15 is 0 Å². The van der Waals surface area contributed by atoms with E-state index in [-0.39, 0.29) is 24.1 Å². The maximum absolute atomic E-state index is 11.7. The molecule has 0 radical (unpaired) electrons. The molecule has 1 heterocycles. The van der Waals surface area contributed by atoms with E-state index in [1.165, 1.54) is 7.11 Å². The van der Waals surface area contributed by atoms with Gasteiger partial charge in [0.05, 0.1) is 24.7 Å². The number of carbonyl (C=O) groups is 1. The number of aliphatic hydroxyl groups excluding tert-OH is 1. The Bertz CT molecular complexity index is 632. The number of methoxy groups -OCH3 is 1. The summed E-state index contributed by atoms with van der Waals surface area (Å²) in [5, 5.41) is 15.2. The first-order chi connectivity index (χ1) is 10.4. The van der Waals surface area contributed by atoms with Crippen LogP contribution < -0.4 is 15.4 Å². The number of sulfone groups is 1. The zero-order valence-corrected chi connectivity index (χ0v) is 13.1. The topological polar surface area (TPSA) is 105 Å². The summed E-state index contributed by atoms with van der Waals surface area (Å²) >= 11 is 0. The van der Waals surface area contributed by atoms with Gasteiger partial charge in [-0.15, -0.1) is 0 Å². The third-order valence-corrected chi connectivity index (χ3v) is 5.29. The zero-order valence-electron chi connectivity index (χ0n) is 12.3. The van der Waals surface area contributed by atoms with Crippen molar-refractivity contribution in [2.24, 2.45) is 0 Å². The summed E-state index contributed by atoms with van der Waals surface area (Å²) in [5.74, 6) is 0.608. The van der Waals surface area contributed by atoms with Gasteiger partial charge in [0.15, 0.2) is 9.84 Å². The second kappa shape index (κ2) is 6.97. The van der Waals surface area contributed by atoms with Crippen LogP contribution in [-0.4, -0.2) is 50.8 Å². The quantitative estimate of drug-likeness (QED) is 0.717.